The van der Waals surface area contributed by atoms with Crippen LogP contribution in [0.25, 0.3) is 0 Å². The summed E-state index contributed by atoms with van der Waals surface area (Å²) in [4.78, 5) is 0. The van der Waals surface area contributed by atoms with Gasteiger partial charge in [0.2, 0.25) is 0 Å². The molecular weight excluding hydrogens is 150 g/mol. The van der Waals surface area contributed by atoms with Gasteiger partial charge >= 0.3 is 0 Å². The van der Waals surface area contributed by atoms with Crippen molar-refractivity contribution in [1.29, 1.82) is 0 Å². The van der Waals surface area contributed by atoms with Gasteiger partial charge in [0, 0.05) is 5.56 Å². The fourth-order valence-corrected chi connectivity index (χ4v) is 0.720. The quantitative estimate of drug-likeness (QED) is 0.434. The van der Waals surface area contributed by atoms with Crippen LogP contribution in [0, 0.1) is 11.8 Å². The Kier molecular flexibility index (Phi) is 2.49. The van der Waals surface area contributed by atoms with Crippen molar-refractivity contribution in [2.24, 2.45) is 5.73 Å². The van der Waals surface area contributed by atoms with Gasteiger partial charge in [-0.1, -0.05) is 24.1 Å². The van der Waals surface area contributed by atoms with Crippen LogP contribution in [0.15, 0.2) is 30.3 Å². The molecule has 0 spiro atoms. The molecule has 3 N–H and O–H groups in total. The van der Waals surface area contributed by atoms with Crippen LogP contribution in [0.3, 0.4) is 0 Å². The van der Waals surface area contributed by atoms with Gasteiger partial charge in [-0.15, -0.1) is 0 Å². The van der Waals surface area contributed by atoms with E-state index in [0.29, 0.717) is 0 Å². The highest BCUT2D eigenvalue weighted by Gasteiger charge is 2.05. The van der Waals surface area contributed by atoms with Gasteiger partial charge in [-0.05, 0) is 25.0 Å². The summed E-state index contributed by atoms with van der Waals surface area (Å²) in [6.45, 7) is 1.45. The lowest BCUT2D eigenvalue weighted by molar-refractivity contribution is 0.130. The SMILES string of the molecule is CC(N)(O)C#Cc1ccccc1. The van der Waals surface area contributed by atoms with Gasteiger partial charge in [0.15, 0.2) is 5.72 Å². The second-order valence-corrected chi connectivity index (χ2v) is 2.76. The predicted molar refractivity (Wildman–Crippen MR) is 48.1 cm³/mol. The molecule has 1 unspecified atom stereocenters. The molecule has 0 aliphatic heterocycles. The third kappa shape index (κ3) is 3.20. The molecule has 0 saturated heterocycles. The van der Waals surface area contributed by atoms with Crippen LogP contribution < -0.4 is 5.73 Å². The Morgan fingerprint density at radius 2 is 1.92 bits per heavy atom. The molecular formula is C10H11NO. The standard InChI is InChI=1S/C10H11NO/c1-10(11,12)8-7-9-5-3-2-4-6-9/h2-6,12H,11H2,1H3. The van der Waals surface area contributed by atoms with Gasteiger partial charge < -0.3 is 5.11 Å². The first-order chi connectivity index (χ1) is 5.58. The summed E-state index contributed by atoms with van der Waals surface area (Å²) in [6, 6.07) is 9.40. The molecule has 1 atom stereocenters. The average molecular weight is 161 g/mol. The molecule has 0 radical (unpaired) electrons. The highest BCUT2D eigenvalue weighted by atomic mass is 16.3. The first kappa shape index (κ1) is 8.79. The van der Waals surface area contributed by atoms with Gasteiger partial charge in [-0.25, -0.2) is 0 Å². The molecule has 0 fully saturated rings. The lowest BCUT2D eigenvalue weighted by Gasteiger charge is -2.05. The number of rotatable bonds is 0. The van der Waals surface area contributed by atoms with Crippen molar-refractivity contribution >= 4 is 0 Å². The Bertz CT molecular complexity index is 300. The lowest BCUT2D eigenvalue weighted by atomic mass is 10.2. The molecule has 0 heterocycles. The second kappa shape index (κ2) is 3.40. The second-order valence-electron chi connectivity index (χ2n) is 2.76. The highest BCUT2D eigenvalue weighted by molar-refractivity contribution is 5.35. The summed E-state index contributed by atoms with van der Waals surface area (Å²) < 4.78 is 0. The van der Waals surface area contributed by atoms with E-state index < -0.39 is 5.72 Å². The molecule has 2 nitrogen and oxygen atoms in total. The first-order valence-electron chi connectivity index (χ1n) is 3.67. The van der Waals surface area contributed by atoms with E-state index in [4.69, 9.17) is 10.8 Å². The van der Waals surface area contributed by atoms with E-state index in [9.17, 15) is 0 Å². The lowest BCUT2D eigenvalue weighted by Crippen LogP contribution is -2.33. The van der Waals surface area contributed by atoms with Crippen LogP contribution in [-0.4, -0.2) is 10.8 Å². The molecule has 0 amide bonds. The van der Waals surface area contributed by atoms with Crippen molar-refractivity contribution in [3.05, 3.63) is 35.9 Å². The molecule has 0 aromatic heterocycles. The van der Waals surface area contributed by atoms with Crippen LogP contribution in [-0.2, 0) is 0 Å². The molecule has 2 heteroatoms. The molecule has 0 saturated carbocycles. The van der Waals surface area contributed by atoms with E-state index >= 15 is 0 Å². The zero-order valence-corrected chi connectivity index (χ0v) is 6.91. The van der Waals surface area contributed by atoms with Crippen molar-refractivity contribution in [2.75, 3.05) is 0 Å². The average Bonchev–Trinajstić information content (AvgIpc) is 2.02. The molecule has 62 valence electrons. The molecule has 12 heavy (non-hydrogen) atoms. The van der Waals surface area contributed by atoms with Crippen molar-refractivity contribution in [3.63, 3.8) is 0 Å². The Morgan fingerprint density at radius 3 is 2.42 bits per heavy atom. The summed E-state index contributed by atoms with van der Waals surface area (Å²) in [7, 11) is 0. The third-order valence-corrected chi connectivity index (χ3v) is 1.23. The van der Waals surface area contributed by atoms with Gasteiger partial charge in [0.1, 0.15) is 0 Å². The van der Waals surface area contributed by atoms with Crippen LogP contribution in [0.1, 0.15) is 12.5 Å². The Hall–Kier alpha value is -1.30. The minimum absolute atomic E-state index is 0.850. The third-order valence-electron chi connectivity index (χ3n) is 1.23. The highest BCUT2D eigenvalue weighted by Crippen LogP contribution is 1.96. The van der Waals surface area contributed by atoms with Crippen LogP contribution in [0.2, 0.25) is 0 Å². The fourth-order valence-electron chi connectivity index (χ4n) is 0.720. The molecule has 1 aromatic rings. The smallest absolute Gasteiger partial charge is 0.174 e. The van der Waals surface area contributed by atoms with E-state index in [2.05, 4.69) is 11.8 Å². The number of aliphatic hydroxyl groups is 1. The normalized spacial score (nSPS) is 14.2. The minimum Gasteiger partial charge on any atom is -0.365 e. The minimum atomic E-state index is -1.41. The maximum absolute atomic E-state index is 9.08. The van der Waals surface area contributed by atoms with Crippen LogP contribution in [0.5, 0.6) is 0 Å². The Labute approximate surface area is 72.0 Å². The van der Waals surface area contributed by atoms with E-state index in [1.54, 1.807) is 0 Å². The van der Waals surface area contributed by atoms with E-state index in [1.165, 1.54) is 6.92 Å². The zero-order valence-electron chi connectivity index (χ0n) is 6.91. The maximum Gasteiger partial charge on any atom is 0.174 e. The summed E-state index contributed by atoms with van der Waals surface area (Å²) in [6.07, 6.45) is 0. The van der Waals surface area contributed by atoms with Gasteiger partial charge in [0.25, 0.3) is 0 Å². The predicted octanol–water partition coefficient (Wildman–Crippen LogP) is 0.705. The summed E-state index contributed by atoms with van der Waals surface area (Å²) in [5, 5.41) is 9.08. The van der Waals surface area contributed by atoms with E-state index in [-0.39, 0.29) is 0 Å². The van der Waals surface area contributed by atoms with Crippen LogP contribution >= 0.6 is 0 Å². The molecule has 0 aliphatic rings. The fraction of sp³-hybridized carbons (Fsp3) is 0.200. The summed E-state index contributed by atoms with van der Waals surface area (Å²) in [5.41, 5.74) is 4.71. The zero-order chi connectivity index (χ0) is 9.03. The van der Waals surface area contributed by atoms with Crippen LogP contribution in [0.4, 0.5) is 0 Å². The maximum atomic E-state index is 9.08. The van der Waals surface area contributed by atoms with Crippen molar-refractivity contribution in [3.8, 4) is 11.8 Å². The largest absolute Gasteiger partial charge is 0.365 e. The van der Waals surface area contributed by atoms with Gasteiger partial charge in [-0.3, -0.25) is 5.73 Å². The summed E-state index contributed by atoms with van der Waals surface area (Å²) in [5.74, 6) is 5.28. The first-order valence-corrected chi connectivity index (χ1v) is 3.67. The molecule has 1 aromatic carbocycles. The van der Waals surface area contributed by atoms with Crippen molar-refractivity contribution in [2.45, 2.75) is 12.6 Å². The Morgan fingerprint density at radius 1 is 1.33 bits per heavy atom. The summed E-state index contributed by atoms with van der Waals surface area (Å²) >= 11 is 0. The number of hydrogen-bond donors (Lipinski definition) is 2. The van der Waals surface area contributed by atoms with Gasteiger partial charge in [0.05, 0.1) is 0 Å². The number of benzene rings is 1. The number of hydrogen-bond acceptors (Lipinski definition) is 2. The van der Waals surface area contributed by atoms with E-state index in [1.807, 2.05) is 30.3 Å². The van der Waals surface area contributed by atoms with E-state index in [0.717, 1.165) is 5.56 Å². The molecule has 1 rings (SSSR count). The Balaban J connectivity index is 2.81. The number of nitrogens with two attached hydrogens (primary N) is 1. The van der Waals surface area contributed by atoms with Crippen molar-refractivity contribution < 1.29 is 5.11 Å². The monoisotopic (exact) mass is 161 g/mol. The van der Waals surface area contributed by atoms with Crippen molar-refractivity contribution in [1.82, 2.24) is 0 Å². The topological polar surface area (TPSA) is 46.2 Å². The molecule has 0 bridgehead atoms. The van der Waals surface area contributed by atoms with Gasteiger partial charge in [-0.2, -0.15) is 0 Å². The molecule has 0 aliphatic carbocycles.